The van der Waals surface area contributed by atoms with Gasteiger partial charge in [-0.05, 0) is 50.4 Å². The second-order valence-corrected chi connectivity index (χ2v) is 5.87. The van der Waals surface area contributed by atoms with E-state index in [2.05, 4.69) is 52.9 Å². The Hall–Kier alpha value is -0.270. The number of benzene rings is 1. The van der Waals surface area contributed by atoms with Crippen LogP contribution in [0.25, 0.3) is 0 Å². The van der Waals surface area contributed by atoms with Crippen LogP contribution in [0.2, 0.25) is 0 Å². The molecule has 0 radical (unpaired) electrons. The molecule has 0 amide bonds. The van der Waals surface area contributed by atoms with Crippen LogP contribution in [-0.4, -0.2) is 17.6 Å². The van der Waals surface area contributed by atoms with Crippen molar-refractivity contribution in [3.8, 4) is 5.75 Å². The fourth-order valence-corrected chi connectivity index (χ4v) is 3.63. The predicted octanol–water partition coefficient (Wildman–Crippen LogP) is 3.88. The Morgan fingerprint density at radius 1 is 1.29 bits per heavy atom. The topological polar surface area (TPSA) is 67.8 Å². The van der Waals surface area contributed by atoms with Crippen molar-refractivity contribution in [1.29, 1.82) is 0 Å². The third-order valence-electron chi connectivity index (χ3n) is 1.92. The highest BCUT2D eigenvalue weighted by Crippen LogP contribution is 2.36. The standard InChI is InChI=1S/C10H11Br3N2O2/c11-6-4-7(12)10(8(13)5-6)17-3-1-2-9(14)15-16/h4-5,16H,1-3H2,(H2,14,15). The van der Waals surface area contributed by atoms with Gasteiger partial charge in [0.05, 0.1) is 15.6 Å². The Balaban J connectivity index is 2.52. The first-order valence-electron chi connectivity index (χ1n) is 4.78. The van der Waals surface area contributed by atoms with Crippen LogP contribution in [-0.2, 0) is 0 Å². The van der Waals surface area contributed by atoms with Crippen molar-refractivity contribution in [1.82, 2.24) is 0 Å². The third-order valence-corrected chi connectivity index (χ3v) is 3.55. The van der Waals surface area contributed by atoms with Crippen LogP contribution >= 0.6 is 47.8 Å². The summed E-state index contributed by atoms with van der Waals surface area (Å²) in [7, 11) is 0. The summed E-state index contributed by atoms with van der Waals surface area (Å²) in [6.07, 6.45) is 1.19. The fraction of sp³-hybridized carbons (Fsp3) is 0.300. The molecule has 0 aliphatic carbocycles. The van der Waals surface area contributed by atoms with Crippen LogP contribution in [0.15, 0.2) is 30.7 Å². The highest BCUT2D eigenvalue weighted by molar-refractivity contribution is 9.11. The molecule has 0 aliphatic rings. The molecule has 0 heterocycles. The molecular formula is C10H11Br3N2O2. The Kier molecular flexibility index (Phi) is 6.29. The SMILES string of the molecule is N/C(CCCOc1c(Br)cc(Br)cc1Br)=N\O. The fourth-order valence-electron chi connectivity index (χ4n) is 1.14. The van der Waals surface area contributed by atoms with Crippen LogP contribution in [0.1, 0.15) is 12.8 Å². The van der Waals surface area contributed by atoms with E-state index in [4.69, 9.17) is 15.7 Å². The molecule has 0 saturated carbocycles. The normalized spacial score (nSPS) is 11.6. The zero-order chi connectivity index (χ0) is 12.8. The molecule has 0 saturated heterocycles. The molecule has 1 rings (SSSR count). The van der Waals surface area contributed by atoms with Crippen molar-refractivity contribution in [2.75, 3.05) is 6.61 Å². The van der Waals surface area contributed by atoms with Crippen molar-refractivity contribution in [3.63, 3.8) is 0 Å². The average Bonchev–Trinajstić information content (AvgIpc) is 2.26. The Bertz CT molecular complexity index is 401. The molecule has 0 fully saturated rings. The Labute approximate surface area is 125 Å². The summed E-state index contributed by atoms with van der Waals surface area (Å²) in [5.41, 5.74) is 5.35. The number of oxime groups is 1. The van der Waals surface area contributed by atoms with Crippen LogP contribution in [0.5, 0.6) is 5.75 Å². The zero-order valence-corrected chi connectivity index (χ0v) is 13.5. The number of hydrogen-bond acceptors (Lipinski definition) is 3. The lowest BCUT2D eigenvalue weighted by molar-refractivity contribution is 0.303. The number of rotatable bonds is 5. The van der Waals surface area contributed by atoms with E-state index in [0.717, 1.165) is 19.2 Å². The molecule has 7 heteroatoms. The van der Waals surface area contributed by atoms with Gasteiger partial charge < -0.3 is 15.7 Å². The van der Waals surface area contributed by atoms with Gasteiger partial charge in [-0.3, -0.25) is 0 Å². The number of hydrogen-bond donors (Lipinski definition) is 2. The van der Waals surface area contributed by atoms with Gasteiger partial charge in [-0.25, -0.2) is 0 Å². The molecule has 4 nitrogen and oxygen atoms in total. The number of nitrogens with zero attached hydrogens (tertiary/aromatic N) is 1. The van der Waals surface area contributed by atoms with Crippen molar-refractivity contribution < 1.29 is 9.94 Å². The Morgan fingerprint density at radius 2 is 1.88 bits per heavy atom. The number of nitrogens with two attached hydrogens (primary N) is 1. The van der Waals surface area contributed by atoms with Crippen LogP contribution in [0, 0.1) is 0 Å². The summed E-state index contributed by atoms with van der Waals surface area (Å²) in [4.78, 5) is 0. The van der Waals surface area contributed by atoms with E-state index in [-0.39, 0.29) is 5.84 Å². The van der Waals surface area contributed by atoms with Gasteiger partial charge in [0, 0.05) is 10.9 Å². The van der Waals surface area contributed by atoms with Crippen molar-refractivity contribution in [3.05, 3.63) is 25.6 Å². The molecule has 3 N–H and O–H groups in total. The van der Waals surface area contributed by atoms with E-state index in [9.17, 15) is 0 Å². The smallest absolute Gasteiger partial charge is 0.147 e. The highest BCUT2D eigenvalue weighted by Gasteiger charge is 2.08. The van der Waals surface area contributed by atoms with E-state index in [1.54, 1.807) is 0 Å². The first-order chi connectivity index (χ1) is 8.04. The third kappa shape index (κ3) is 4.85. The van der Waals surface area contributed by atoms with Crippen molar-refractivity contribution in [2.45, 2.75) is 12.8 Å². The molecule has 1 aromatic rings. The lowest BCUT2D eigenvalue weighted by Crippen LogP contribution is -2.12. The molecule has 0 spiro atoms. The van der Waals surface area contributed by atoms with Crippen LogP contribution < -0.4 is 10.5 Å². The molecule has 94 valence electrons. The van der Waals surface area contributed by atoms with Gasteiger partial charge in [-0.15, -0.1) is 0 Å². The molecule has 0 unspecified atom stereocenters. The molecule has 0 aliphatic heterocycles. The van der Waals surface area contributed by atoms with Gasteiger partial charge in [-0.2, -0.15) is 0 Å². The van der Waals surface area contributed by atoms with E-state index < -0.39 is 0 Å². The minimum absolute atomic E-state index is 0.211. The van der Waals surface area contributed by atoms with Crippen molar-refractivity contribution >= 4 is 53.6 Å². The summed E-state index contributed by atoms with van der Waals surface area (Å²) >= 11 is 10.2. The lowest BCUT2D eigenvalue weighted by atomic mass is 10.3. The van der Waals surface area contributed by atoms with Gasteiger partial charge in [0.2, 0.25) is 0 Å². The molecular weight excluding hydrogens is 420 g/mol. The van der Waals surface area contributed by atoms with Crippen molar-refractivity contribution in [2.24, 2.45) is 10.9 Å². The molecule has 1 aromatic carbocycles. The van der Waals surface area contributed by atoms with E-state index in [0.29, 0.717) is 19.4 Å². The quantitative estimate of drug-likeness (QED) is 0.245. The summed E-state index contributed by atoms with van der Waals surface area (Å²) in [5.74, 6) is 0.954. The van der Waals surface area contributed by atoms with Crippen LogP contribution in [0.4, 0.5) is 0 Å². The average molecular weight is 431 g/mol. The molecule has 0 atom stereocenters. The second kappa shape index (κ2) is 7.23. The number of halogens is 3. The maximum atomic E-state index is 8.37. The zero-order valence-electron chi connectivity index (χ0n) is 8.79. The lowest BCUT2D eigenvalue weighted by Gasteiger charge is -2.10. The van der Waals surface area contributed by atoms with E-state index in [1.165, 1.54) is 0 Å². The van der Waals surface area contributed by atoms with Gasteiger partial charge in [0.15, 0.2) is 0 Å². The maximum absolute atomic E-state index is 8.37. The van der Waals surface area contributed by atoms with Gasteiger partial charge >= 0.3 is 0 Å². The van der Waals surface area contributed by atoms with Gasteiger partial charge in [-0.1, -0.05) is 21.1 Å². The second-order valence-electron chi connectivity index (χ2n) is 3.24. The van der Waals surface area contributed by atoms with E-state index >= 15 is 0 Å². The summed E-state index contributed by atoms with van der Waals surface area (Å²) in [6, 6.07) is 3.81. The van der Waals surface area contributed by atoms with Crippen LogP contribution in [0.3, 0.4) is 0 Å². The van der Waals surface area contributed by atoms with E-state index in [1.807, 2.05) is 12.1 Å². The minimum atomic E-state index is 0.211. The molecule has 17 heavy (non-hydrogen) atoms. The number of ether oxygens (including phenoxy) is 1. The van der Waals surface area contributed by atoms with Gasteiger partial charge in [0.25, 0.3) is 0 Å². The Morgan fingerprint density at radius 3 is 2.41 bits per heavy atom. The first kappa shape index (κ1) is 14.8. The monoisotopic (exact) mass is 428 g/mol. The predicted molar refractivity (Wildman–Crippen MR) is 77.7 cm³/mol. The molecule has 0 bridgehead atoms. The maximum Gasteiger partial charge on any atom is 0.147 e. The summed E-state index contributed by atoms with van der Waals surface area (Å²) < 4.78 is 8.30. The summed E-state index contributed by atoms with van der Waals surface area (Å²) in [6.45, 7) is 0.495. The first-order valence-corrected chi connectivity index (χ1v) is 7.16. The largest absolute Gasteiger partial charge is 0.491 e. The summed E-state index contributed by atoms with van der Waals surface area (Å²) in [5, 5.41) is 11.3. The highest BCUT2D eigenvalue weighted by atomic mass is 79.9. The van der Waals surface area contributed by atoms with Gasteiger partial charge in [0.1, 0.15) is 11.6 Å². The number of amidine groups is 1. The minimum Gasteiger partial charge on any atom is -0.491 e. The molecule has 0 aromatic heterocycles.